The molecule has 0 radical (unpaired) electrons. The predicted octanol–water partition coefficient (Wildman–Crippen LogP) is 9.94. The maximum absolute atomic E-state index is 6.67. The van der Waals surface area contributed by atoms with Gasteiger partial charge < -0.3 is 4.42 Å². The number of rotatable bonds is 4. The van der Waals surface area contributed by atoms with Crippen molar-refractivity contribution in [2.45, 2.75) is 6.92 Å². The summed E-state index contributed by atoms with van der Waals surface area (Å²) in [5.41, 5.74) is 10.3. The van der Waals surface area contributed by atoms with Crippen LogP contribution in [0.1, 0.15) is 16.7 Å². The Labute approximate surface area is 209 Å². The lowest BCUT2D eigenvalue weighted by Gasteiger charge is -2.15. The van der Waals surface area contributed by atoms with Crippen molar-refractivity contribution in [1.29, 1.82) is 0 Å². The zero-order valence-corrected chi connectivity index (χ0v) is 20.1. The van der Waals surface area contributed by atoms with Crippen LogP contribution in [0, 0.1) is 6.92 Å². The van der Waals surface area contributed by atoms with Gasteiger partial charge in [0.25, 0.3) is 0 Å². The molecule has 1 heterocycles. The van der Waals surface area contributed by atoms with Crippen LogP contribution in [-0.4, -0.2) is 0 Å². The summed E-state index contributed by atoms with van der Waals surface area (Å²) in [7, 11) is 0. The third-order valence-corrected chi connectivity index (χ3v) is 6.88. The van der Waals surface area contributed by atoms with Gasteiger partial charge in [0.2, 0.25) is 0 Å². The molecular weight excluding hydrogens is 448 g/mol. The third-order valence-electron chi connectivity index (χ3n) is 6.66. The summed E-state index contributed by atoms with van der Waals surface area (Å²) < 4.78 is 6.62. The number of para-hydroxylation sites is 1. The summed E-state index contributed by atoms with van der Waals surface area (Å²) in [4.78, 5) is 0. The van der Waals surface area contributed by atoms with Gasteiger partial charge in [-0.2, -0.15) is 0 Å². The van der Waals surface area contributed by atoms with Gasteiger partial charge in [0.15, 0.2) is 0 Å². The van der Waals surface area contributed by atoms with Crippen molar-refractivity contribution in [2.24, 2.45) is 0 Å². The van der Waals surface area contributed by atoms with Crippen molar-refractivity contribution < 1.29 is 4.42 Å². The number of furan rings is 1. The average molecular weight is 471 g/mol. The lowest BCUT2D eigenvalue weighted by Crippen LogP contribution is -1.93. The first-order valence-electron chi connectivity index (χ1n) is 11.7. The normalized spacial score (nSPS) is 11.3. The Balaban J connectivity index is 1.59. The van der Waals surface area contributed by atoms with E-state index in [0.29, 0.717) is 5.02 Å². The fourth-order valence-corrected chi connectivity index (χ4v) is 5.15. The second-order valence-corrected chi connectivity index (χ2v) is 9.26. The monoisotopic (exact) mass is 470 g/mol. The molecule has 0 fully saturated rings. The van der Waals surface area contributed by atoms with E-state index < -0.39 is 0 Å². The highest BCUT2D eigenvalue weighted by Crippen LogP contribution is 2.42. The zero-order valence-electron chi connectivity index (χ0n) is 19.4. The van der Waals surface area contributed by atoms with E-state index in [1.54, 1.807) is 0 Å². The molecule has 5 aromatic carbocycles. The van der Waals surface area contributed by atoms with E-state index >= 15 is 0 Å². The van der Waals surface area contributed by atoms with Crippen molar-refractivity contribution in [1.82, 2.24) is 0 Å². The van der Waals surface area contributed by atoms with E-state index in [1.165, 1.54) is 11.1 Å². The molecule has 6 rings (SSSR count). The summed E-state index contributed by atoms with van der Waals surface area (Å²) >= 11 is 6.67. The SMILES string of the molecule is C=C(c1ccccc1-c1ccccc1C)c1cc(Cl)cc2c1oc1c(-c3ccccc3)cccc12. The molecule has 0 bridgehead atoms. The molecule has 0 aliphatic heterocycles. The maximum atomic E-state index is 6.67. The minimum atomic E-state index is 0.662. The molecule has 35 heavy (non-hydrogen) atoms. The van der Waals surface area contributed by atoms with Crippen LogP contribution >= 0.6 is 11.6 Å². The van der Waals surface area contributed by atoms with E-state index in [0.717, 1.165) is 55.3 Å². The van der Waals surface area contributed by atoms with E-state index in [4.69, 9.17) is 16.0 Å². The summed E-state index contributed by atoms with van der Waals surface area (Å²) in [6, 6.07) is 37.4. The molecule has 0 saturated carbocycles. The van der Waals surface area contributed by atoms with Crippen molar-refractivity contribution in [3.05, 3.63) is 137 Å². The molecule has 168 valence electrons. The largest absolute Gasteiger partial charge is 0.455 e. The van der Waals surface area contributed by atoms with Crippen LogP contribution in [0.4, 0.5) is 0 Å². The highest BCUT2D eigenvalue weighted by Gasteiger charge is 2.19. The highest BCUT2D eigenvalue weighted by molar-refractivity contribution is 6.32. The number of fused-ring (bicyclic) bond motifs is 3. The number of hydrogen-bond acceptors (Lipinski definition) is 1. The summed E-state index contributed by atoms with van der Waals surface area (Å²) in [6.07, 6.45) is 0. The number of hydrogen-bond donors (Lipinski definition) is 0. The fourth-order valence-electron chi connectivity index (χ4n) is 4.94. The minimum Gasteiger partial charge on any atom is -0.455 e. The topological polar surface area (TPSA) is 13.1 Å². The van der Waals surface area contributed by atoms with Gasteiger partial charge in [-0.15, -0.1) is 0 Å². The molecule has 0 unspecified atom stereocenters. The molecule has 0 amide bonds. The Kier molecular flexibility index (Phi) is 5.28. The van der Waals surface area contributed by atoms with Gasteiger partial charge in [0.05, 0.1) is 0 Å². The Morgan fingerprint density at radius 1 is 0.629 bits per heavy atom. The van der Waals surface area contributed by atoms with Gasteiger partial charge in [-0.3, -0.25) is 0 Å². The third kappa shape index (κ3) is 3.65. The first-order chi connectivity index (χ1) is 17.1. The second-order valence-electron chi connectivity index (χ2n) is 8.82. The fraction of sp³-hybridized carbons (Fsp3) is 0.0303. The van der Waals surface area contributed by atoms with E-state index in [2.05, 4.69) is 92.4 Å². The van der Waals surface area contributed by atoms with Crippen molar-refractivity contribution in [3.63, 3.8) is 0 Å². The van der Waals surface area contributed by atoms with Crippen LogP contribution in [0.2, 0.25) is 5.02 Å². The Bertz CT molecular complexity index is 1720. The van der Waals surface area contributed by atoms with Crippen molar-refractivity contribution >= 4 is 39.1 Å². The van der Waals surface area contributed by atoms with Gasteiger partial charge in [-0.1, -0.05) is 115 Å². The summed E-state index contributed by atoms with van der Waals surface area (Å²) in [5.74, 6) is 0. The van der Waals surface area contributed by atoms with Gasteiger partial charge in [-0.05, 0) is 52.4 Å². The van der Waals surface area contributed by atoms with Gasteiger partial charge in [-0.25, -0.2) is 0 Å². The number of halogens is 1. The Hall–Kier alpha value is -4.07. The molecule has 0 atom stereocenters. The van der Waals surface area contributed by atoms with Crippen LogP contribution in [0.3, 0.4) is 0 Å². The van der Waals surface area contributed by atoms with Crippen molar-refractivity contribution in [2.75, 3.05) is 0 Å². The molecular formula is C33H23ClO. The van der Waals surface area contributed by atoms with Crippen molar-refractivity contribution in [3.8, 4) is 22.3 Å². The van der Waals surface area contributed by atoms with Gasteiger partial charge in [0.1, 0.15) is 11.2 Å². The van der Waals surface area contributed by atoms with Crippen LogP contribution in [0.15, 0.2) is 120 Å². The molecule has 0 spiro atoms. The Morgan fingerprint density at radius 2 is 1.31 bits per heavy atom. The summed E-state index contributed by atoms with van der Waals surface area (Å²) in [5, 5.41) is 2.70. The second kappa shape index (κ2) is 8.61. The lowest BCUT2D eigenvalue weighted by atomic mass is 9.89. The first kappa shape index (κ1) is 21.5. The minimum absolute atomic E-state index is 0.662. The van der Waals surface area contributed by atoms with E-state index in [9.17, 15) is 0 Å². The number of aryl methyl sites for hydroxylation is 1. The van der Waals surface area contributed by atoms with Crippen LogP contribution in [-0.2, 0) is 0 Å². The van der Waals surface area contributed by atoms with E-state index in [-0.39, 0.29) is 0 Å². The first-order valence-corrected chi connectivity index (χ1v) is 12.0. The van der Waals surface area contributed by atoms with Gasteiger partial charge in [0, 0.05) is 26.9 Å². The van der Waals surface area contributed by atoms with E-state index in [1.807, 2.05) is 30.3 Å². The predicted molar refractivity (Wildman–Crippen MR) is 149 cm³/mol. The molecule has 6 aromatic rings. The molecule has 1 nitrogen and oxygen atoms in total. The molecule has 0 N–H and O–H groups in total. The van der Waals surface area contributed by atoms with Crippen LogP contribution in [0.25, 0.3) is 49.8 Å². The number of benzene rings is 5. The Morgan fingerprint density at radius 3 is 2.11 bits per heavy atom. The molecule has 1 aromatic heterocycles. The smallest absolute Gasteiger partial charge is 0.143 e. The summed E-state index contributed by atoms with van der Waals surface area (Å²) in [6.45, 7) is 6.67. The van der Waals surface area contributed by atoms with Gasteiger partial charge >= 0.3 is 0 Å². The van der Waals surface area contributed by atoms with Crippen LogP contribution < -0.4 is 0 Å². The molecule has 2 heteroatoms. The van der Waals surface area contributed by atoms with Crippen LogP contribution in [0.5, 0.6) is 0 Å². The zero-order chi connectivity index (χ0) is 23.9. The molecule has 0 aliphatic carbocycles. The lowest BCUT2D eigenvalue weighted by molar-refractivity contribution is 0.669. The average Bonchev–Trinajstić information content (AvgIpc) is 3.27. The maximum Gasteiger partial charge on any atom is 0.143 e. The molecule has 0 saturated heterocycles. The standard InChI is InChI=1S/C33H23ClO/c1-21-11-6-7-14-25(21)28-16-9-8-15-26(28)22(2)30-19-24(34)20-31-29-18-10-17-27(32(29)35-33(30)31)23-12-4-3-5-13-23/h3-20H,2H2,1H3. The highest BCUT2D eigenvalue weighted by atomic mass is 35.5. The molecule has 0 aliphatic rings. The quantitative estimate of drug-likeness (QED) is 0.250.